The number of hydrogen-bond acceptors (Lipinski definition) is 5. The number of benzene rings is 1. The van der Waals surface area contributed by atoms with Gasteiger partial charge in [-0.25, -0.2) is 8.42 Å². The molecule has 0 aromatic heterocycles. The quantitative estimate of drug-likeness (QED) is 0.870. The van der Waals surface area contributed by atoms with Gasteiger partial charge in [0.25, 0.3) is 0 Å². The normalized spacial score (nSPS) is 19.3. The zero-order chi connectivity index (χ0) is 13.9. The molecular weight excluding hydrogens is 266 g/mol. The Morgan fingerprint density at radius 2 is 1.84 bits per heavy atom. The molecule has 0 radical (unpaired) electrons. The van der Waals surface area contributed by atoms with Crippen LogP contribution in [0.25, 0.3) is 0 Å². The molecule has 1 saturated heterocycles. The highest BCUT2D eigenvalue weighted by atomic mass is 32.2. The van der Waals surface area contributed by atoms with E-state index in [1.54, 1.807) is 12.1 Å². The standard InChI is InChI=1S/C13H19NO4S/c1-19(16,17)12-4-2-11(3-5-12)13(15)10-14-6-8-18-9-7-14/h2-5,13,15H,6-10H2,1H3. The van der Waals surface area contributed by atoms with Gasteiger partial charge in [-0.3, -0.25) is 4.90 Å². The molecule has 1 unspecified atom stereocenters. The molecule has 0 bridgehead atoms. The molecule has 6 heteroatoms. The Bertz CT molecular complexity index is 506. The fraction of sp³-hybridized carbons (Fsp3) is 0.538. The molecule has 1 fully saturated rings. The molecule has 1 atom stereocenters. The summed E-state index contributed by atoms with van der Waals surface area (Å²) < 4.78 is 27.9. The van der Waals surface area contributed by atoms with E-state index in [-0.39, 0.29) is 4.90 Å². The first kappa shape index (κ1) is 14.5. The average Bonchev–Trinajstić information content (AvgIpc) is 2.39. The summed E-state index contributed by atoms with van der Waals surface area (Å²) in [5, 5.41) is 10.1. The second kappa shape index (κ2) is 6.00. The van der Waals surface area contributed by atoms with Crippen LogP contribution in [-0.2, 0) is 14.6 Å². The lowest BCUT2D eigenvalue weighted by molar-refractivity contribution is 0.0143. The van der Waals surface area contributed by atoms with Crippen LogP contribution in [0, 0.1) is 0 Å². The van der Waals surface area contributed by atoms with E-state index < -0.39 is 15.9 Å². The number of hydrogen-bond donors (Lipinski definition) is 1. The summed E-state index contributed by atoms with van der Waals surface area (Å²) in [6, 6.07) is 6.41. The maximum Gasteiger partial charge on any atom is 0.175 e. The summed E-state index contributed by atoms with van der Waals surface area (Å²) >= 11 is 0. The Morgan fingerprint density at radius 3 is 2.37 bits per heavy atom. The van der Waals surface area contributed by atoms with Crippen LogP contribution in [-0.4, -0.2) is 57.5 Å². The number of nitrogens with zero attached hydrogens (tertiary/aromatic N) is 1. The van der Waals surface area contributed by atoms with Gasteiger partial charge >= 0.3 is 0 Å². The van der Waals surface area contributed by atoms with Crippen LogP contribution in [0.4, 0.5) is 0 Å². The van der Waals surface area contributed by atoms with E-state index in [1.165, 1.54) is 18.4 Å². The Labute approximate surface area is 113 Å². The second-order valence-corrected chi connectivity index (χ2v) is 6.79. The number of aliphatic hydroxyl groups excluding tert-OH is 1. The molecule has 1 aromatic rings. The van der Waals surface area contributed by atoms with Gasteiger partial charge in [-0.15, -0.1) is 0 Å². The van der Waals surface area contributed by atoms with Gasteiger partial charge in [0.05, 0.1) is 24.2 Å². The third kappa shape index (κ3) is 4.01. The van der Waals surface area contributed by atoms with Crippen molar-refractivity contribution < 1.29 is 18.3 Å². The van der Waals surface area contributed by atoms with E-state index in [0.29, 0.717) is 19.8 Å². The van der Waals surface area contributed by atoms with Crippen LogP contribution in [0.1, 0.15) is 11.7 Å². The molecule has 0 amide bonds. The molecule has 1 N–H and O–H groups in total. The molecular formula is C13H19NO4S. The SMILES string of the molecule is CS(=O)(=O)c1ccc(C(O)CN2CCOCC2)cc1. The number of aliphatic hydroxyl groups is 1. The van der Waals surface area contributed by atoms with Gasteiger partial charge in [0.15, 0.2) is 9.84 Å². The zero-order valence-corrected chi connectivity index (χ0v) is 11.8. The van der Waals surface area contributed by atoms with Gasteiger partial charge in [-0.05, 0) is 17.7 Å². The summed E-state index contributed by atoms with van der Waals surface area (Å²) in [7, 11) is -3.18. The third-order valence-corrected chi connectivity index (χ3v) is 4.36. The lowest BCUT2D eigenvalue weighted by Crippen LogP contribution is -2.38. The van der Waals surface area contributed by atoms with Crippen LogP contribution < -0.4 is 0 Å². The van der Waals surface area contributed by atoms with Crippen LogP contribution in [0.15, 0.2) is 29.2 Å². The minimum atomic E-state index is -3.18. The minimum absolute atomic E-state index is 0.273. The van der Waals surface area contributed by atoms with E-state index >= 15 is 0 Å². The van der Waals surface area contributed by atoms with E-state index in [2.05, 4.69) is 4.90 Å². The van der Waals surface area contributed by atoms with Crippen molar-refractivity contribution in [2.24, 2.45) is 0 Å². The highest BCUT2D eigenvalue weighted by Crippen LogP contribution is 2.18. The number of ether oxygens (including phenoxy) is 1. The van der Waals surface area contributed by atoms with Crippen LogP contribution in [0.5, 0.6) is 0 Å². The molecule has 1 aliphatic heterocycles. The Kier molecular flexibility index (Phi) is 4.57. The van der Waals surface area contributed by atoms with Crippen molar-refractivity contribution in [2.45, 2.75) is 11.0 Å². The second-order valence-electron chi connectivity index (χ2n) is 4.77. The Morgan fingerprint density at radius 1 is 1.26 bits per heavy atom. The first-order valence-electron chi connectivity index (χ1n) is 6.25. The number of rotatable bonds is 4. The molecule has 0 spiro atoms. The molecule has 2 rings (SSSR count). The van der Waals surface area contributed by atoms with Crippen LogP contribution in [0.3, 0.4) is 0 Å². The predicted octanol–water partition coefficient (Wildman–Crippen LogP) is 0.456. The summed E-state index contributed by atoms with van der Waals surface area (Å²) in [6.07, 6.45) is 0.568. The monoisotopic (exact) mass is 285 g/mol. The topological polar surface area (TPSA) is 66.8 Å². The fourth-order valence-corrected chi connectivity index (χ4v) is 2.70. The van der Waals surface area contributed by atoms with Crippen LogP contribution >= 0.6 is 0 Å². The summed E-state index contributed by atoms with van der Waals surface area (Å²) in [4.78, 5) is 2.41. The predicted molar refractivity (Wildman–Crippen MR) is 71.8 cm³/mol. The van der Waals surface area contributed by atoms with Crippen LogP contribution in [0.2, 0.25) is 0 Å². The highest BCUT2D eigenvalue weighted by molar-refractivity contribution is 7.90. The van der Waals surface area contributed by atoms with Gasteiger partial charge in [0.2, 0.25) is 0 Å². The molecule has 19 heavy (non-hydrogen) atoms. The van der Waals surface area contributed by atoms with Gasteiger partial charge in [0, 0.05) is 25.9 Å². The largest absolute Gasteiger partial charge is 0.387 e. The smallest absolute Gasteiger partial charge is 0.175 e. The third-order valence-electron chi connectivity index (χ3n) is 3.23. The van der Waals surface area contributed by atoms with Gasteiger partial charge in [-0.2, -0.15) is 0 Å². The maximum absolute atomic E-state index is 11.3. The van der Waals surface area contributed by atoms with E-state index in [1.807, 2.05) is 0 Å². The average molecular weight is 285 g/mol. The molecule has 0 saturated carbocycles. The lowest BCUT2D eigenvalue weighted by Gasteiger charge is -2.28. The number of β-amino-alcohol motifs (C(OH)–C–C–N with tert-alkyl or cyclic N) is 1. The molecule has 1 aliphatic rings. The molecule has 106 valence electrons. The van der Waals surface area contributed by atoms with E-state index in [4.69, 9.17) is 4.74 Å². The molecule has 1 aromatic carbocycles. The molecule has 5 nitrogen and oxygen atoms in total. The van der Waals surface area contributed by atoms with Gasteiger partial charge in [-0.1, -0.05) is 12.1 Å². The highest BCUT2D eigenvalue weighted by Gasteiger charge is 2.16. The number of morpholine rings is 1. The van der Waals surface area contributed by atoms with Crippen molar-refractivity contribution in [3.05, 3.63) is 29.8 Å². The number of sulfone groups is 1. The van der Waals surface area contributed by atoms with Crippen molar-refractivity contribution in [1.82, 2.24) is 4.90 Å². The van der Waals surface area contributed by atoms with Crippen molar-refractivity contribution in [2.75, 3.05) is 39.1 Å². The van der Waals surface area contributed by atoms with Crippen molar-refractivity contribution in [3.8, 4) is 0 Å². The summed E-state index contributed by atoms with van der Waals surface area (Å²) in [5.41, 5.74) is 0.735. The molecule has 0 aliphatic carbocycles. The fourth-order valence-electron chi connectivity index (χ4n) is 2.07. The van der Waals surface area contributed by atoms with E-state index in [0.717, 1.165) is 18.7 Å². The van der Waals surface area contributed by atoms with Crippen molar-refractivity contribution in [1.29, 1.82) is 0 Å². The first-order valence-corrected chi connectivity index (χ1v) is 8.14. The summed E-state index contributed by atoms with van der Waals surface area (Å²) in [6.45, 7) is 3.57. The lowest BCUT2D eigenvalue weighted by atomic mass is 10.1. The maximum atomic E-state index is 11.3. The Balaban J connectivity index is 2.01. The van der Waals surface area contributed by atoms with Crippen molar-refractivity contribution in [3.63, 3.8) is 0 Å². The van der Waals surface area contributed by atoms with E-state index in [9.17, 15) is 13.5 Å². The zero-order valence-electron chi connectivity index (χ0n) is 10.9. The van der Waals surface area contributed by atoms with Gasteiger partial charge < -0.3 is 9.84 Å². The minimum Gasteiger partial charge on any atom is -0.387 e. The molecule has 1 heterocycles. The first-order chi connectivity index (χ1) is 8.97. The summed E-state index contributed by atoms with van der Waals surface area (Å²) in [5.74, 6) is 0. The Hall–Kier alpha value is -0.950. The van der Waals surface area contributed by atoms with Crippen molar-refractivity contribution >= 4 is 9.84 Å². The van der Waals surface area contributed by atoms with Gasteiger partial charge in [0.1, 0.15) is 0 Å².